The first-order chi connectivity index (χ1) is 12.7. The van der Waals surface area contributed by atoms with Crippen molar-refractivity contribution < 1.29 is 9.59 Å². The van der Waals surface area contributed by atoms with Gasteiger partial charge in [-0.1, -0.05) is 27.7 Å². The predicted molar refractivity (Wildman–Crippen MR) is 103 cm³/mol. The first-order valence-electron chi connectivity index (χ1n) is 9.71. The average molecular weight is 368 g/mol. The van der Waals surface area contributed by atoms with Gasteiger partial charge < -0.3 is 10.6 Å². The van der Waals surface area contributed by atoms with Crippen molar-refractivity contribution in [2.75, 3.05) is 6.54 Å². The quantitative estimate of drug-likeness (QED) is 0.852. The topological polar surface area (TPSA) is 75.5 Å². The van der Waals surface area contributed by atoms with Crippen LogP contribution in [0.5, 0.6) is 0 Å². The Morgan fingerprint density at radius 2 is 2.00 bits per heavy atom. The lowest BCUT2D eigenvalue weighted by molar-refractivity contribution is -0.124. The zero-order valence-corrected chi connectivity index (χ0v) is 16.5. The molecule has 2 aromatic heterocycles. The minimum atomic E-state index is -0.0682. The van der Waals surface area contributed by atoms with Crippen LogP contribution in [0.4, 0.5) is 0 Å². The van der Waals surface area contributed by atoms with Crippen molar-refractivity contribution >= 4 is 17.3 Å². The molecule has 2 fully saturated rings. The van der Waals surface area contributed by atoms with Gasteiger partial charge in [0, 0.05) is 24.7 Å². The average Bonchev–Trinajstić information content (AvgIpc) is 3.04. The molecule has 2 aliphatic rings. The molecule has 2 amide bonds. The number of hydrogen-bond donors (Lipinski definition) is 2. The van der Waals surface area contributed by atoms with Crippen LogP contribution < -0.4 is 10.6 Å². The van der Waals surface area contributed by atoms with Crippen molar-refractivity contribution in [3.8, 4) is 0 Å². The Hall–Kier alpha value is -2.37. The van der Waals surface area contributed by atoms with E-state index in [2.05, 4.69) is 43.4 Å². The Morgan fingerprint density at radius 1 is 1.26 bits per heavy atom. The van der Waals surface area contributed by atoms with E-state index in [1.54, 1.807) is 10.7 Å². The van der Waals surface area contributed by atoms with Gasteiger partial charge in [0.25, 0.3) is 5.91 Å². The summed E-state index contributed by atoms with van der Waals surface area (Å²) in [6.45, 7) is 9.29. The predicted octanol–water partition coefficient (Wildman–Crippen LogP) is 2.64. The van der Waals surface area contributed by atoms with Gasteiger partial charge in [-0.05, 0) is 47.8 Å². The fraction of sp³-hybridized carbons (Fsp3) is 0.571. The van der Waals surface area contributed by atoms with E-state index in [-0.39, 0.29) is 34.6 Å². The lowest BCUT2D eigenvalue weighted by Gasteiger charge is -2.52. The highest BCUT2D eigenvalue weighted by Gasteiger charge is 2.52. The second-order valence-electron chi connectivity index (χ2n) is 9.35. The highest BCUT2D eigenvalue weighted by atomic mass is 16.2. The molecule has 144 valence electrons. The molecule has 6 nitrogen and oxygen atoms in total. The first-order valence-corrected chi connectivity index (χ1v) is 9.71. The van der Waals surface area contributed by atoms with Gasteiger partial charge >= 0.3 is 0 Å². The van der Waals surface area contributed by atoms with Crippen LogP contribution in [0.2, 0.25) is 0 Å². The van der Waals surface area contributed by atoms with E-state index < -0.39 is 0 Å². The van der Waals surface area contributed by atoms with Gasteiger partial charge in [-0.2, -0.15) is 5.10 Å². The smallest absolute Gasteiger partial charge is 0.253 e. The van der Waals surface area contributed by atoms with Crippen LogP contribution in [0.1, 0.15) is 50.9 Å². The van der Waals surface area contributed by atoms with Gasteiger partial charge in [0.05, 0.1) is 17.3 Å². The van der Waals surface area contributed by atoms with E-state index >= 15 is 0 Å². The van der Waals surface area contributed by atoms with Crippen LogP contribution in [0, 0.1) is 22.7 Å². The summed E-state index contributed by atoms with van der Waals surface area (Å²) in [7, 11) is 0. The normalized spacial score (nSPS) is 27.6. The second-order valence-corrected chi connectivity index (χ2v) is 9.35. The molecule has 2 unspecified atom stereocenters. The molecule has 0 radical (unpaired) electrons. The number of carbonyl (C=O) groups is 2. The highest BCUT2D eigenvalue weighted by molar-refractivity contribution is 6.00. The van der Waals surface area contributed by atoms with Crippen molar-refractivity contribution in [3.05, 3.63) is 36.2 Å². The molecule has 0 aliphatic heterocycles. The maximum atomic E-state index is 12.8. The summed E-state index contributed by atoms with van der Waals surface area (Å²) in [5.41, 5.74) is 1.55. The van der Waals surface area contributed by atoms with Crippen LogP contribution in [0.3, 0.4) is 0 Å². The van der Waals surface area contributed by atoms with Gasteiger partial charge in [0.1, 0.15) is 0 Å². The number of rotatable bonds is 5. The zero-order chi connectivity index (χ0) is 19.4. The molecule has 27 heavy (non-hydrogen) atoms. The third kappa shape index (κ3) is 3.11. The molecule has 0 aromatic carbocycles. The summed E-state index contributed by atoms with van der Waals surface area (Å²) in [5, 5.41) is 10.5. The number of fused-ring (bicyclic) bond motifs is 1. The van der Waals surface area contributed by atoms with Gasteiger partial charge in [-0.3, -0.25) is 9.59 Å². The van der Waals surface area contributed by atoms with E-state index in [4.69, 9.17) is 0 Å². The van der Waals surface area contributed by atoms with E-state index in [0.29, 0.717) is 18.0 Å². The molecule has 3 atom stereocenters. The van der Waals surface area contributed by atoms with Crippen molar-refractivity contribution in [3.63, 3.8) is 0 Å². The summed E-state index contributed by atoms with van der Waals surface area (Å²) in [6.07, 6.45) is 5.39. The Balaban J connectivity index is 1.34. The zero-order valence-electron chi connectivity index (χ0n) is 16.5. The third-order valence-corrected chi connectivity index (χ3v) is 6.81. The van der Waals surface area contributed by atoms with Crippen LogP contribution >= 0.6 is 0 Å². The lowest BCUT2D eigenvalue weighted by atomic mass is 9.58. The summed E-state index contributed by atoms with van der Waals surface area (Å²) in [6, 6.07) is 5.61. The number of nitrogens with zero attached hydrogens (tertiary/aromatic N) is 2. The molecule has 0 saturated heterocycles. The van der Waals surface area contributed by atoms with E-state index in [9.17, 15) is 9.59 Å². The Kier molecular flexibility index (Phi) is 4.05. The van der Waals surface area contributed by atoms with Crippen molar-refractivity contribution in [2.45, 2.75) is 46.6 Å². The number of pyridine rings is 1. The summed E-state index contributed by atoms with van der Waals surface area (Å²) >= 11 is 0. The molecular formula is C21H28N4O2. The lowest BCUT2D eigenvalue weighted by Crippen LogP contribution is -2.60. The van der Waals surface area contributed by atoms with Crippen LogP contribution in [-0.2, 0) is 4.79 Å². The Labute approximate surface area is 159 Å². The van der Waals surface area contributed by atoms with Crippen LogP contribution in [0.25, 0.3) is 5.52 Å². The SMILES string of the molecule is CC1(C)C(CNC(=O)[C@H]2CC2(C)C)CC1NC(=O)c1cccn2nccc12. The van der Waals surface area contributed by atoms with Crippen molar-refractivity contribution in [1.82, 2.24) is 20.2 Å². The molecule has 2 N–H and O–H groups in total. The van der Waals surface area contributed by atoms with E-state index in [0.717, 1.165) is 18.4 Å². The molecule has 2 aliphatic carbocycles. The van der Waals surface area contributed by atoms with Gasteiger partial charge in [-0.25, -0.2) is 4.52 Å². The minimum absolute atomic E-state index is 0.0483. The Morgan fingerprint density at radius 3 is 2.67 bits per heavy atom. The molecule has 2 aromatic rings. The Bertz CT molecular complexity index is 898. The molecule has 2 heterocycles. The number of amides is 2. The maximum Gasteiger partial charge on any atom is 0.253 e. The van der Waals surface area contributed by atoms with Crippen molar-refractivity contribution in [1.29, 1.82) is 0 Å². The van der Waals surface area contributed by atoms with Crippen LogP contribution in [0.15, 0.2) is 30.6 Å². The van der Waals surface area contributed by atoms with Gasteiger partial charge in [0.15, 0.2) is 0 Å². The summed E-state index contributed by atoms with van der Waals surface area (Å²) in [5.74, 6) is 0.642. The van der Waals surface area contributed by atoms with E-state index in [1.165, 1.54) is 0 Å². The standard InChI is InChI=1S/C21H28N4O2/c1-20(2)11-15(20)19(27)22-12-13-10-17(21(13,3)4)24-18(26)14-6-5-9-25-16(14)7-8-23-25/h5-9,13,15,17H,10-12H2,1-4H3,(H,22,27)(H,24,26)/t13?,15-,17?/m1/s1. The number of aromatic nitrogens is 2. The number of carbonyl (C=O) groups excluding carboxylic acids is 2. The molecule has 4 rings (SSSR count). The van der Waals surface area contributed by atoms with Crippen molar-refractivity contribution in [2.24, 2.45) is 22.7 Å². The number of nitrogens with one attached hydrogen (secondary N) is 2. The second kappa shape index (κ2) is 6.08. The largest absolute Gasteiger partial charge is 0.356 e. The number of hydrogen-bond acceptors (Lipinski definition) is 3. The summed E-state index contributed by atoms with van der Waals surface area (Å²) < 4.78 is 1.71. The van der Waals surface area contributed by atoms with E-state index in [1.807, 2.05) is 24.4 Å². The fourth-order valence-corrected chi connectivity index (χ4v) is 4.25. The first kappa shape index (κ1) is 18.0. The van der Waals surface area contributed by atoms with Gasteiger partial charge in [0.2, 0.25) is 5.91 Å². The molecule has 6 heteroatoms. The highest BCUT2D eigenvalue weighted by Crippen LogP contribution is 2.52. The molecule has 2 saturated carbocycles. The summed E-state index contributed by atoms with van der Waals surface area (Å²) in [4.78, 5) is 25.0. The molecular weight excluding hydrogens is 340 g/mol. The van der Waals surface area contributed by atoms with Gasteiger partial charge in [-0.15, -0.1) is 0 Å². The van der Waals surface area contributed by atoms with Crippen LogP contribution in [-0.4, -0.2) is 34.0 Å². The monoisotopic (exact) mass is 368 g/mol. The maximum absolute atomic E-state index is 12.8. The molecule has 0 spiro atoms. The molecule has 0 bridgehead atoms. The third-order valence-electron chi connectivity index (χ3n) is 6.81. The fourth-order valence-electron chi connectivity index (χ4n) is 4.25. The minimum Gasteiger partial charge on any atom is -0.356 e.